The molecular weight excluding hydrogens is 332 g/mol. The molecule has 0 saturated carbocycles. The SMILES string of the molecule is COc1cc(CN(Cc2cccnc2)Cc2ccco2)cc2c1OCO2. The van der Waals surface area contributed by atoms with Crippen molar-refractivity contribution in [3.63, 3.8) is 0 Å². The summed E-state index contributed by atoms with van der Waals surface area (Å²) in [6.07, 6.45) is 5.36. The van der Waals surface area contributed by atoms with E-state index in [0.717, 1.165) is 29.2 Å². The van der Waals surface area contributed by atoms with Gasteiger partial charge >= 0.3 is 0 Å². The molecule has 0 fully saturated rings. The van der Waals surface area contributed by atoms with E-state index in [-0.39, 0.29) is 6.79 Å². The molecule has 1 aromatic carbocycles. The molecule has 0 radical (unpaired) electrons. The van der Waals surface area contributed by atoms with E-state index in [0.29, 0.717) is 24.6 Å². The number of benzene rings is 1. The van der Waals surface area contributed by atoms with Crippen molar-refractivity contribution in [1.82, 2.24) is 9.88 Å². The monoisotopic (exact) mass is 352 g/mol. The lowest BCUT2D eigenvalue weighted by molar-refractivity contribution is 0.171. The smallest absolute Gasteiger partial charge is 0.231 e. The standard InChI is InChI=1S/C20H20N2O4/c1-23-18-8-16(9-19-20(18)26-14-25-19)12-22(13-17-5-3-7-24-17)11-15-4-2-6-21-10-15/h2-10H,11-14H2,1H3. The van der Waals surface area contributed by atoms with E-state index in [1.165, 1.54) is 0 Å². The van der Waals surface area contributed by atoms with E-state index in [1.54, 1.807) is 19.6 Å². The van der Waals surface area contributed by atoms with E-state index in [9.17, 15) is 0 Å². The van der Waals surface area contributed by atoms with Gasteiger partial charge in [0.25, 0.3) is 0 Å². The molecule has 2 aromatic heterocycles. The molecule has 0 aliphatic carbocycles. The Labute approximate surface area is 151 Å². The van der Waals surface area contributed by atoms with Gasteiger partial charge in [0.2, 0.25) is 12.5 Å². The van der Waals surface area contributed by atoms with E-state index >= 15 is 0 Å². The quantitative estimate of drug-likeness (QED) is 0.647. The van der Waals surface area contributed by atoms with Crippen molar-refractivity contribution in [3.8, 4) is 17.2 Å². The highest BCUT2D eigenvalue weighted by Gasteiger charge is 2.21. The summed E-state index contributed by atoms with van der Waals surface area (Å²) in [4.78, 5) is 6.49. The minimum absolute atomic E-state index is 0.223. The first kappa shape index (κ1) is 16.5. The second-order valence-electron chi connectivity index (χ2n) is 6.12. The van der Waals surface area contributed by atoms with Gasteiger partial charge in [-0.15, -0.1) is 0 Å². The molecule has 3 heterocycles. The average Bonchev–Trinajstić information content (AvgIpc) is 3.33. The van der Waals surface area contributed by atoms with Gasteiger partial charge in [-0.05, 0) is 41.5 Å². The summed E-state index contributed by atoms with van der Waals surface area (Å²) in [7, 11) is 1.64. The molecule has 0 amide bonds. The average molecular weight is 352 g/mol. The molecule has 0 spiro atoms. The fraction of sp³-hybridized carbons (Fsp3) is 0.250. The number of hydrogen-bond donors (Lipinski definition) is 0. The summed E-state index contributed by atoms with van der Waals surface area (Å²) in [6.45, 7) is 2.38. The van der Waals surface area contributed by atoms with Crippen molar-refractivity contribution < 1.29 is 18.6 Å². The molecule has 6 nitrogen and oxygen atoms in total. The predicted molar refractivity (Wildman–Crippen MR) is 95.0 cm³/mol. The van der Waals surface area contributed by atoms with E-state index in [2.05, 4.69) is 16.0 Å². The largest absolute Gasteiger partial charge is 0.493 e. The van der Waals surface area contributed by atoms with Gasteiger partial charge in [0.1, 0.15) is 5.76 Å². The first-order chi connectivity index (χ1) is 12.8. The number of nitrogens with zero attached hydrogens (tertiary/aromatic N) is 2. The van der Waals surface area contributed by atoms with Gasteiger partial charge in [0.05, 0.1) is 19.9 Å². The van der Waals surface area contributed by atoms with Gasteiger partial charge in [-0.2, -0.15) is 0 Å². The number of ether oxygens (including phenoxy) is 3. The topological polar surface area (TPSA) is 57.0 Å². The highest BCUT2D eigenvalue weighted by Crippen LogP contribution is 2.42. The molecule has 6 heteroatoms. The van der Waals surface area contributed by atoms with Crippen LogP contribution >= 0.6 is 0 Å². The van der Waals surface area contributed by atoms with E-state index < -0.39 is 0 Å². The van der Waals surface area contributed by atoms with Crippen LogP contribution in [0.25, 0.3) is 0 Å². The molecule has 134 valence electrons. The zero-order valence-corrected chi connectivity index (χ0v) is 14.6. The van der Waals surface area contributed by atoms with E-state index in [4.69, 9.17) is 18.6 Å². The Morgan fingerprint density at radius 3 is 2.77 bits per heavy atom. The van der Waals surface area contributed by atoms with Gasteiger partial charge in [-0.3, -0.25) is 9.88 Å². The van der Waals surface area contributed by atoms with Crippen LogP contribution in [0.3, 0.4) is 0 Å². The molecule has 0 bridgehead atoms. The molecule has 0 saturated heterocycles. The number of fused-ring (bicyclic) bond motifs is 1. The molecule has 0 unspecified atom stereocenters. The summed E-state index contributed by atoms with van der Waals surface area (Å²) in [5, 5.41) is 0. The lowest BCUT2D eigenvalue weighted by atomic mass is 10.1. The number of hydrogen-bond acceptors (Lipinski definition) is 6. The van der Waals surface area contributed by atoms with Gasteiger partial charge in [-0.25, -0.2) is 0 Å². The maximum Gasteiger partial charge on any atom is 0.231 e. The fourth-order valence-corrected chi connectivity index (χ4v) is 3.07. The summed E-state index contributed by atoms with van der Waals surface area (Å²) >= 11 is 0. The van der Waals surface area contributed by atoms with Crippen LogP contribution in [0, 0.1) is 0 Å². The number of methoxy groups -OCH3 is 1. The van der Waals surface area contributed by atoms with Gasteiger partial charge < -0.3 is 18.6 Å². The van der Waals surface area contributed by atoms with Crippen molar-refractivity contribution in [2.75, 3.05) is 13.9 Å². The summed E-state index contributed by atoms with van der Waals surface area (Å²) in [5.74, 6) is 3.00. The molecule has 1 aliphatic heterocycles. The van der Waals surface area contributed by atoms with Gasteiger partial charge in [0, 0.05) is 25.5 Å². The van der Waals surface area contributed by atoms with Crippen LogP contribution in [0.2, 0.25) is 0 Å². The second-order valence-corrected chi connectivity index (χ2v) is 6.12. The van der Waals surface area contributed by atoms with Crippen LogP contribution in [0.1, 0.15) is 16.9 Å². The maximum atomic E-state index is 5.54. The second kappa shape index (κ2) is 7.49. The van der Waals surface area contributed by atoms with Crippen molar-refractivity contribution in [1.29, 1.82) is 0 Å². The van der Waals surface area contributed by atoms with Crippen molar-refractivity contribution in [3.05, 3.63) is 71.9 Å². The first-order valence-electron chi connectivity index (χ1n) is 8.42. The Balaban J connectivity index is 1.58. The molecular formula is C20H20N2O4. The Morgan fingerprint density at radius 2 is 2.00 bits per heavy atom. The molecule has 4 rings (SSSR count). The third-order valence-corrected chi connectivity index (χ3v) is 4.21. The van der Waals surface area contributed by atoms with Crippen LogP contribution in [0.5, 0.6) is 17.2 Å². The van der Waals surface area contributed by atoms with Crippen LogP contribution in [0.4, 0.5) is 0 Å². The summed E-state index contributed by atoms with van der Waals surface area (Å²) < 4.78 is 22.0. The molecule has 1 aliphatic rings. The highest BCUT2D eigenvalue weighted by atomic mass is 16.7. The molecule has 0 atom stereocenters. The molecule has 0 N–H and O–H groups in total. The zero-order chi connectivity index (χ0) is 17.8. The zero-order valence-electron chi connectivity index (χ0n) is 14.6. The third kappa shape index (κ3) is 3.65. The van der Waals surface area contributed by atoms with Crippen LogP contribution in [0.15, 0.2) is 59.5 Å². The predicted octanol–water partition coefficient (Wildman–Crippen LogP) is 3.61. The Morgan fingerprint density at radius 1 is 1.08 bits per heavy atom. The number of pyridine rings is 1. The van der Waals surface area contributed by atoms with Crippen molar-refractivity contribution >= 4 is 0 Å². The molecule has 3 aromatic rings. The highest BCUT2D eigenvalue weighted by molar-refractivity contribution is 5.55. The summed E-state index contributed by atoms with van der Waals surface area (Å²) in [5.41, 5.74) is 2.23. The Bertz CT molecular complexity index is 850. The summed E-state index contributed by atoms with van der Waals surface area (Å²) in [6, 6.07) is 11.9. The van der Waals surface area contributed by atoms with Crippen LogP contribution in [-0.4, -0.2) is 23.8 Å². The number of rotatable bonds is 7. The van der Waals surface area contributed by atoms with Crippen molar-refractivity contribution in [2.24, 2.45) is 0 Å². The van der Waals surface area contributed by atoms with E-state index in [1.807, 2.05) is 36.5 Å². The van der Waals surface area contributed by atoms with Gasteiger partial charge in [-0.1, -0.05) is 6.07 Å². The first-order valence-corrected chi connectivity index (χ1v) is 8.42. The minimum Gasteiger partial charge on any atom is -0.493 e. The maximum absolute atomic E-state index is 5.54. The number of furan rings is 1. The van der Waals surface area contributed by atoms with Crippen LogP contribution in [-0.2, 0) is 19.6 Å². The normalized spacial score (nSPS) is 12.5. The fourth-order valence-electron chi connectivity index (χ4n) is 3.07. The van der Waals surface area contributed by atoms with Gasteiger partial charge in [0.15, 0.2) is 11.5 Å². The number of aromatic nitrogens is 1. The minimum atomic E-state index is 0.223. The lowest BCUT2D eigenvalue weighted by Crippen LogP contribution is -2.22. The Kier molecular flexibility index (Phi) is 4.75. The van der Waals surface area contributed by atoms with Crippen LogP contribution < -0.4 is 14.2 Å². The van der Waals surface area contributed by atoms with Crippen molar-refractivity contribution in [2.45, 2.75) is 19.6 Å². The molecule has 26 heavy (non-hydrogen) atoms. The third-order valence-electron chi connectivity index (χ3n) is 4.21. The lowest BCUT2D eigenvalue weighted by Gasteiger charge is -2.22. The Hall–Kier alpha value is -2.99.